The van der Waals surface area contributed by atoms with Crippen molar-refractivity contribution in [1.29, 1.82) is 0 Å². The van der Waals surface area contributed by atoms with Crippen molar-refractivity contribution in [3.63, 3.8) is 0 Å². The zero-order valence-electron chi connectivity index (χ0n) is 15.7. The number of carbonyl (C=O) groups is 1. The van der Waals surface area contributed by atoms with E-state index in [0.717, 1.165) is 24.2 Å². The summed E-state index contributed by atoms with van der Waals surface area (Å²) < 4.78 is 10.8. The van der Waals surface area contributed by atoms with Crippen LogP contribution in [-0.2, 0) is 17.8 Å². The summed E-state index contributed by atoms with van der Waals surface area (Å²) in [6.45, 7) is 3.79. The highest BCUT2D eigenvalue weighted by atomic mass is 16.5. The third-order valence-electron chi connectivity index (χ3n) is 4.76. The van der Waals surface area contributed by atoms with Crippen LogP contribution in [0.25, 0.3) is 0 Å². The lowest BCUT2D eigenvalue weighted by molar-refractivity contribution is 0.0719. The van der Waals surface area contributed by atoms with Crippen molar-refractivity contribution >= 4 is 11.8 Å². The molecular formula is C22H23N3O3. The van der Waals surface area contributed by atoms with E-state index in [-0.39, 0.29) is 5.91 Å². The fourth-order valence-corrected chi connectivity index (χ4v) is 3.27. The fraction of sp³-hybridized carbons (Fsp3) is 0.273. The molecule has 0 unspecified atom stereocenters. The summed E-state index contributed by atoms with van der Waals surface area (Å²) in [6, 6.07) is 21.7. The van der Waals surface area contributed by atoms with Crippen molar-refractivity contribution < 1.29 is 14.1 Å². The summed E-state index contributed by atoms with van der Waals surface area (Å²) in [7, 11) is 0. The normalized spacial score (nSPS) is 14.1. The van der Waals surface area contributed by atoms with Crippen molar-refractivity contribution in [2.75, 3.05) is 31.2 Å². The van der Waals surface area contributed by atoms with Gasteiger partial charge in [0.05, 0.1) is 13.2 Å². The molecule has 144 valence electrons. The van der Waals surface area contributed by atoms with Crippen LogP contribution < -0.4 is 4.90 Å². The number of hydrogen-bond donors (Lipinski definition) is 0. The van der Waals surface area contributed by atoms with Gasteiger partial charge >= 0.3 is 0 Å². The van der Waals surface area contributed by atoms with E-state index in [2.05, 4.69) is 5.16 Å². The second-order valence-electron chi connectivity index (χ2n) is 6.78. The molecule has 0 radical (unpaired) electrons. The Hall–Kier alpha value is -3.12. The second kappa shape index (κ2) is 8.71. The minimum Gasteiger partial charge on any atom is -0.378 e. The predicted octanol–water partition coefficient (Wildman–Crippen LogP) is 3.35. The first-order chi connectivity index (χ1) is 13.8. The summed E-state index contributed by atoms with van der Waals surface area (Å²) >= 11 is 0. The lowest BCUT2D eigenvalue weighted by atomic mass is 10.1. The van der Waals surface area contributed by atoms with Gasteiger partial charge in [-0.3, -0.25) is 4.79 Å². The van der Waals surface area contributed by atoms with E-state index in [0.29, 0.717) is 37.9 Å². The molecule has 6 nitrogen and oxygen atoms in total. The first kappa shape index (κ1) is 18.3. The summed E-state index contributed by atoms with van der Waals surface area (Å²) in [4.78, 5) is 17.1. The van der Waals surface area contributed by atoms with Crippen molar-refractivity contribution in [3.05, 3.63) is 83.6 Å². The average Bonchev–Trinajstić information content (AvgIpc) is 3.25. The highest BCUT2D eigenvalue weighted by molar-refractivity contribution is 5.92. The van der Waals surface area contributed by atoms with Gasteiger partial charge in [-0.15, -0.1) is 0 Å². The zero-order valence-corrected chi connectivity index (χ0v) is 15.7. The SMILES string of the molecule is O=C(c1cc(N2CCOCC2)on1)N(Cc1ccccc1)Cc1ccccc1. The van der Waals surface area contributed by atoms with Gasteiger partial charge in [0, 0.05) is 32.2 Å². The second-order valence-corrected chi connectivity index (χ2v) is 6.78. The van der Waals surface area contributed by atoms with Gasteiger partial charge < -0.3 is 19.1 Å². The predicted molar refractivity (Wildman–Crippen MR) is 106 cm³/mol. The molecular weight excluding hydrogens is 354 g/mol. The van der Waals surface area contributed by atoms with Gasteiger partial charge in [0.15, 0.2) is 5.69 Å². The number of ether oxygens (including phenoxy) is 1. The van der Waals surface area contributed by atoms with Gasteiger partial charge in [0.2, 0.25) is 5.88 Å². The molecule has 6 heteroatoms. The molecule has 4 rings (SSSR count). The van der Waals surface area contributed by atoms with Crippen LogP contribution in [0.1, 0.15) is 21.6 Å². The van der Waals surface area contributed by atoms with E-state index in [1.165, 1.54) is 0 Å². The molecule has 0 bridgehead atoms. The van der Waals surface area contributed by atoms with Crippen LogP contribution in [0.15, 0.2) is 71.3 Å². The quantitative estimate of drug-likeness (QED) is 0.659. The van der Waals surface area contributed by atoms with Crippen molar-refractivity contribution in [2.45, 2.75) is 13.1 Å². The van der Waals surface area contributed by atoms with Crippen LogP contribution in [0, 0.1) is 0 Å². The van der Waals surface area contributed by atoms with E-state index < -0.39 is 0 Å². The minimum absolute atomic E-state index is 0.143. The molecule has 0 aliphatic carbocycles. The lowest BCUT2D eigenvalue weighted by Crippen LogP contribution is -2.36. The number of amides is 1. The molecule has 1 fully saturated rings. The van der Waals surface area contributed by atoms with E-state index in [1.807, 2.05) is 65.6 Å². The first-order valence-corrected chi connectivity index (χ1v) is 9.46. The number of anilines is 1. The summed E-state index contributed by atoms with van der Waals surface area (Å²) in [6.07, 6.45) is 0. The third-order valence-corrected chi connectivity index (χ3v) is 4.76. The van der Waals surface area contributed by atoms with Crippen LogP contribution in [0.5, 0.6) is 0 Å². The molecule has 2 aromatic carbocycles. The highest BCUT2D eigenvalue weighted by Crippen LogP contribution is 2.20. The highest BCUT2D eigenvalue weighted by Gasteiger charge is 2.23. The Bertz CT molecular complexity index is 848. The lowest BCUT2D eigenvalue weighted by Gasteiger charge is -2.25. The maximum absolute atomic E-state index is 13.2. The van der Waals surface area contributed by atoms with E-state index in [4.69, 9.17) is 9.26 Å². The van der Waals surface area contributed by atoms with Gasteiger partial charge in [-0.1, -0.05) is 65.8 Å². The van der Waals surface area contributed by atoms with Crippen LogP contribution in [0.2, 0.25) is 0 Å². The molecule has 0 N–H and O–H groups in total. The maximum Gasteiger partial charge on any atom is 0.276 e. The molecule has 1 aliphatic heterocycles. The van der Waals surface area contributed by atoms with Gasteiger partial charge in [-0.05, 0) is 11.1 Å². The van der Waals surface area contributed by atoms with E-state index in [9.17, 15) is 4.79 Å². The van der Waals surface area contributed by atoms with Crippen LogP contribution in [-0.4, -0.2) is 42.3 Å². The van der Waals surface area contributed by atoms with Crippen molar-refractivity contribution in [1.82, 2.24) is 10.1 Å². The van der Waals surface area contributed by atoms with Crippen LogP contribution in [0.4, 0.5) is 5.88 Å². The molecule has 1 saturated heterocycles. The number of morpholine rings is 1. The number of rotatable bonds is 6. The topological polar surface area (TPSA) is 58.8 Å². The standard InChI is InChI=1S/C22H23N3O3/c26-22(20-15-21(28-23-20)24-11-13-27-14-12-24)25(16-18-7-3-1-4-8-18)17-19-9-5-2-6-10-19/h1-10,15H,11-14,16-17H2. The molecule has 1 aliphatic rings. The number of carbonyl (C=O) groups excluding carboxylic acids is 1. The minimum atomic E-state index is -0.143. The Kier molecular flexibility index (Phi) is 5.68. The largest absolute Gasteiger partial charge is 0.378 e. The molecule has 28 heavy (non-hydrogen) atoms. The van der Waals surface area contributed by atoms with Gasteiger partial charge in [0.1, 0.15) is 0 Å². The molecule has 3 aromatic rings. The number of hydrogen-bond acceptors (Lipinski definition) is 5. The number of aromatic nitrogens is 1. The van der Waals surface area contributed by atoms with Gasteiger partial charge in [-0.25, -0.2) is 0 Å². The Balaban J connectivity index is 1.54. The number of nitrogens with zero attached hydrogens (tertiary/aromatic N) is 3. The first-order valence-electron chi connectivity index (χ1n) is 9.46. The van der Waals surface area contributed by atoms with Gasteiger partial charge in [-0.2, -0.15) is 0 Å². The zero-order chi connectivity index (χ0) is 19.2. The maximum atomic E-state index is 13.2. The van der Waals surface area contributed by atoms with Crippen molar-refractivity contribution in [2.24, 2.45) is 0 Å². The molecule has 1 amide bonds. The van der Waals surface area contributed by atoms with Gasteiger partial charge in [0.25, 0.3) is 5.91 Å². The Morgan fingerprint density at radius 2 is 1.50 bits per heavy atom. The smallest absolute Gasteiger partial charge is 0.276 e. The summed E-state index contributed by atoms with van der Waals surface area (Å²) in [5.74, 6) is 0.474. The van der Waals surface area contributed by atoms with Crippen molar-refractivity contribution in [3.8, 4) is 0 Å². The third kappa shape index (κ3) is 4.40. The van der Waals surface area contributed by atoms with Crippen LogP contribution >= 0.6 is 0 Å². The summed E-state index contributed by atoms with van der Waals surface area (Å²) in [5, 5.41) is 4.05. The molecule has 0 atom stereocenters. The molecule has 2 heterocycles. The molecule has 1 aromatic heterocycles. The van der Waals surface area contributed by atoms with E-state index >= 15 is 0 Å². The number of benzene rings is 2. The average molecular weight is 377 g/mol. The molecule has 0 spiro atoms. The molecule has 0 saturated carbocycles. The van der Waals surface area contributed by atoms with E-state index in [1.54, 1.807) is 11.0 Å². The monoisotopic (exact) mass is 377 g/mol. The summed E-state index contributed by atoms with van der Waals surface area (Å²) in [5.41, 5.74) is 2.47. The van der Waals surface area contributed by atoms with Crippen LogP contribution in [0.3, 0.4) is 0 Å². The Morgan fingerprint density at radius 3 is 2.07 bits per heavy atom. The fourth-order valence-electron chi connectivity index (χ4n) is 3.27. The Labute approximate surface area is 164 Å². The Morgan fingerprint density at radius 1 is 0.929 bits per heavy atom.